The molecule has 0 saturated heterocycles. The van der Waals surface area contributed by atoms with Crippen molar-refractivity contribution in [2.45, 2.75) is 0 Å². The highest BCUT2D eigenvalue weighted by atomic mass is 16.3. The summed E-state index contributed by atoms with van der Waals surface area (Å²) in [4.78, 5) is 0. The van der Waals surface area contributed by atoms with E-state index in [1.165, 1.54) is 165 Å². The van der Waals surface area contributed by atoms with Crippen molar-refractivity contribution in [1.29, 1.82) is 0 Å². The number of benzene rings is 15. The van der Waals surface area contributed by atoms with Crippen LogP contribution < -0.4 is 0 Å². The lowest BCUT2D eigenvalue weighted by Crippen LogP contribution is -1.92. The van der Waals surface area contributed by atoms with E-state index in [1.807, 2.05) is 12.1 Å². The van der Waals surface area contributed by atoms with Gasteiger partial charge in [-0.25, -0.2) is 0 Å². The minimum atomic E-state index is 0.914. The zero-order valence-corrected chi connectivity index (χ0v) is 45.1. The maximum absolute atomic E-state index is 6.16. The highest BCUT2D eigenvalue weighted by Crippen LogP contribution is 2.57. The average molecular weight is 1050 g/mol. The molecule has 0 N–H and O–H groups in total. The first-order valence-corrected chi connectivity index (χ1v) is 28.8. The molecule has 16 aromatic rings. The molecule has 1 heteroatoms. The Balaban J connectivity index is 0.682. The molecule has 0 amide bonds. The van der Waals surface area contributed by atoms with Crippen molar-refractivity contribution >= 4 is 65.0 Å². The van der Waals surface area contributed by atoms with Gasteiger partial charge < -0.3 is 4.42 Å². The van der Waals surface area contributed by atoms with E-state index in [2.05, 4.69) is 279 Å². The maximum Gasteiger partial charge on any atom is 0.135 e. The molecule has 382 valence electrons. The second-order valence-corrected chi connectivity index (χ2v) is 22.5. The highest BCUT2D eigenvalue weighted by Gasteiger charge is 2.30. The molecule has 83 heavy (non-hydrogen) atoms. The van der Waals surface area contributed by atoms with E-state index in [0.717, 1.165) is 21.9 Å². The van der Waals surface area contributed by atoms with Crippen molar-refractivity contribution in [3.8, 4) is 122 Å². The summed E-state index contributed by atoms with van der Waals surface area (Å²) in [6.45, 7) is 0. The molecular weight excluding hydrogens is 1000 g/mol. The minimum Gasteiger partial charge on any atom is -0.456 e. The minimum absolute atomic E-state index is 0.914. The Labute approximate surface area is 480 Å². The van der Waals surface area contributed by atoms with Gasteiger partial charge in [0, 0.05) is 10.8 Å². The maximum atomic E-state index is 6.16. The Morgan fingerprint density at radius 2 is 0.542 bits per heavy atom. The van der Waals surface area contributed by atoms with Crippen LogP contribution in [-0.2, 0) is 0 Å². The largest absolute Gasteiger partial charge is 0.456 e. The van der Waals surface area contributed by atoms with Crippen molar-refractivity contribution in [2.75, 3.05) is 0 Å². The first kappa shape index (κ1) is 45.9. The summed E-state index contributed by atoms with van der Waals surface area (Å²) in [6, 6.07) is 108. The van der Waals surface area contributed by atoms with Crippen molar-refractivity contribution < 1.29 is 4.42 Å². The van der Waals surface area contributed by atoms with E-state index in [1.54, 1.807) is 0 Å². The van der Waals surface area contributed by atoms with Crippen LogP contribution in [0.25, 0.3) is 187 Å². The van der Waals surface area contributed by atoms with E-state index < -0.39 is 0 Å². The molecular formula is C82H48O. The van der Waals surface area contributed by atoms with Crippen LogP contribution in [0.1, 0.15) is 0 Å². The lowest BCUT2D eigenvalue weighted by Gasteiger charge is -2.18. The monoisotopic (exact) mass is 1050 g/mol. The van der Waals surface area contributed by atoms with Crippen LogP contribution in [0.5, 0.6) is 0 Å². The molecule has 2 aliphatic rings. The zero-order chi connectivity index (χ0) is 54.3. The van der Waals surface area contributed by atoms with Crippen LogP contribution >= 0.6 is 0 Å². The fourth-order valence-electron chi connectivity index (χ4n) is 14.4. The fourth-order valence-corrected chi connectivity index (χ4v) is 14.4. The fraction of sp³-hybridized carbons (Fsp3) is 0. The van der Waals surface area contributed by atoms with Crippen LogP contribution in [-0.4, -0.2) is 0 Å². The highest BCUT2D eigenvalue weighted by molar-refractivity contribution is 6.23. The molecule has 0 atom stereocenters. The topological polar surface area (TPSA) is 13.1 Å². The summed E-state index contributed by atoms with van der Waals surface area (Å²) >= 11 is 0. The van der Waals surface area contributed by atoms with Gasteiger partial charge in [0.15, 0.2) is 0 Å². The molecule has 15 aromatic carbocycles. The molecule has 1 aromatic heterocycles. The van der Waals surface area contributed by atoms with Crippen LogP contribution in [0, 0.1) is 0 Å². The van der Waals surface area contributed by atoms with Gasteiger partial charge in [-0.2, -0.15) is 0 Å². The SMILES string of the molecule is c1ccc2cc(-c3ccc(-c4ccc(-c5ccc(-c6ccc(-c7ccc(-c8ccc(-c9ccc%10oc%11ccccc%11c%10c9)cc8)c8c7-c7cccc9cccc-8c79)cc6)cc5)c5ccccc45)c4c3-c3cccc5cccc-4c35)ccc2c1. The second kappa shape index (κ2) is 17.8. The van der Waals surface area contributed by atoms with Crippen LogP contribution in [0.15, 0.2) is 296 Å². The number of furan rings is 1. The molecule has 0 aliphatic heterocycles. The summed E-state index contributed by atoms with van der Waals surface area (Å²) in [5.74, 6) is 0. The van der Waals surface area contributed by atoms with Gasteiger partial charge in [0.05, 0.1) is 0 Å². The van der Waals surface area contributed by atoms with E-state index >= 15 is 0 Å². The molecule has 0 radical (unpaired) electrons. The number of fused-ring (bicyclic) bond motifs is 11. The summed E-state index contributed by atoms with van der Waals surface area (Å²) in [6.07, 6.45) is 0. The van der Waals surface area contributed by atoms with Gasteiger partial charge in [0.2, 0.25) is 0 Å². The molecule has 0 bridgehead atoms. The van der Waals surface area contributed by atoms with Gasteiger partial charge in [-0.1, -0.05) is 267 Å². The molecule has 0 saturated carbocycles. The standard InChI is InChI=1S/C82H48O/c1-2-12-58-47-60(38-31-49(58)11-1)64-43-45-69(82-73-23-10-16-57-15-9-22-72(78(57)73)81(64)82)67-44-40-61(65-17-3-4-18-66(65)67)53-32-25-50(26-33-53)51-27-34-54(35-28-51)62-41-42-63(80-71-21-8-14-56-13-7-20-70(77(56)71)79(62)80)55-36-29-52(30-37-55)59-39-46-76-74(48-59)68-19-5-6-24-75(68)83-76/h1-48H. The molecule has 2 aliphatic carbocycles. The zero-order valence-electron chi connectivity index (χ0n) is 45.1. The lowest BCUT2D eigenvalue weighted by molar-refractivity contribution is 0.669. The van der Waals surface area contributed by atoms with E-state index in [0.29, 0.717) is 0 Å². The molecule has 0 unspecified atom stereocenters. The molecule has 0 fully saturated rings. The quantitative estimate of drug-likeness (QED) is 0.155. The summed E-state index contributed by atoms with van der Waals surface area (Å²) in [5.41, 5.74) is 29.4. The van der Waals surface area contributed by atoms with E-state index in [4.69, 9.17) is 4.42 Å². The van der Waals surface area contributed by atoms with Crippen molar-refractivity contribution in [3.63, 3.8) is 0 Å². The number of para-hydroxylation sites is 1. The van der Waals surface area contributed by atoms with Gasteiger partial charge in [-0.05, 0) is 190 Å². The predicted octanol–water partition coefficient (Wildman–Crippen LogP) is 23.2. The third-order valence-corrected chi connectivity index (χ3v) is 18.2. The molecule has 0 spiro atoms. The average Bonchev–Trinajstić information content (AvgIpc) is 2.69. The summed E-state index contributed by atoms with van der Waals surface area (Å²) in [7, 11) is 0. The Hall–Kier alpha value is -10.9. The predicted molar refractivity (Wildman–Crippen MR) is 351 cm³/mol. The summed E-state index contributed by atoms with van der Waals surface area (Å²) < 4.78 is 6.16. The van der Waals surface area contributed by atoms with Gasteiger partial charge in [0.1, 0.15) is 11.2 Å². The van der Waals surface area contributed by atoms with Gasteiger partial charge in [-0.3, -0.25) is 0 Å². The third-order valence-electron chi connectivity index (χ3n) is 18.2. The Morgan fingerprint density at radius 3 is 1.12 bits per heavy atom. The van der Waals surface area contributed by atoms with Gasteiger partial charge in [-0.15, -0.1) is 0 Å². The van der Waals surface area contributed by atoms with Crippen molar-refractivity contribution in [2.24, 2.45) is 0 Å². The summed E-state index contributed by atoms with van der Waals surface area (Å²) in [5, 5.41) is 12.5. The van der Waals surface area contributed by atoms with E-state index in [-0.39, 0.29) is 0 Å². The van der Waals surface area contributed by atoms with Crippen molar-refractivity contribution in [3.05, 3.63) is 291 Å². The normalized spacial score (nSPS) is 12.1. The third kappa shape index (κ3) is 6.95. The number of hydrogen-bond acceptors (Lipinski definition) is 1. The Kier molecular flexibility index (Phi) is 9.87. The number of rotatable bonds is 7. The Bertz CT molecular complexity index is 5390. The molecule has 1 nitrogen and oxygen atoms in total. The molecule has 1 heterocycles. The number of hydrogen-bond donors (Lipinski definition) is 0. The Morgan fingerprint density at radius 1 is 0.169 bits per heavy atom. The second-order valence-electron chi connectivity index (χ2n) is 22.5. The van der Waals surface area contributed by atoms with Gasteiger partial charge in [0.25, 0.3) is 0 Å². The first-order chi connectivity index (χ1) is 41.1. The van der Waals surface area contributed by atoms with Crippen LogP contribution in [0.3, 0.4) is 0 Å². The smallest absolute Gasteiger partial charge is 0.135 e. The lowest BCUT2D eigenvalue weighted by atomic mass is 9.85. The van der Waals surface area contributed by atoms with Gasteiger partial charge >= 0.3 is 0 Å². The first-order valence-electron chi connectivity index (χ1n) is 28.8. The molecule has 18 rings (SSSR count). The van der Waals surface area contributed by atoms with E-state index in [9.17, 15) is 0 Å². The van der Waals surface area contributed by atoms with Crippen LogP contribution in [0.4, 0.5) is 0 Å². The van der Waals surface area contributed by atoms with Crippen molar-refractivity contribution in [1.82, 2.24) is 0 Å². The van der Waals surface area contributed by atoms with Crippen LogP contribution in [0.2, 0.25) is 0 Å².